The third-order valence-corrected chi connectivity index (χ3v) is 3.05. The van der Waals surface area contributed by atoms with Gasteiger partial charge in [0.15, 0.2) is 5.76 Å². The minimum absolute atomic E-state index is 0.279. The summed E-state index contributed by atoms with van der Waals surface area (Å²) in [4.78, 5) is 15.8. The SMILES string of the molecule is COc1cc(CNC(=O)NCc2cc(C(C)C)no2)ccn1. The van der Waals surface area contributed by atoms with Crippen LogP contribution in [-0.2, 0) is 13.1 Å². The van der Waals surface area contributed by atoms with Crippen molar-refractivity contribution in [1.82, 2.24) is 20.8 Å². The molecule has 0 aliphatic heterocycles. The fraction of sp³-hybridized carbons (Fsp3) is 0.400. The van der Waals surface area contributed by atoms with Crippen LogP contribution in [0.15, 0.2) is 28.9 Å². The summed E-state index contributed by atoms with van der Waals surface area (Å²) in [5, 5.41) is 9.41. The van der Waals surface area contributed by atoms with Crippen molar-refractivity contribution in [3.8, 4) is 5.88 Å². The van der Waals surface area contributed by atoms with Crippen LogP contribution in [-0.4, -0.2) is 23.3 Å². The molecule has 0 fully saturated rings. The molecule has 0 unspecified atom stereocenters. The molecule has 2 aromatic heterocycles. The van der Waals surface area contributed by atoms with Gasteiger partial charge >= 0.3 is 6.03 Å². The number of methoxy groups -OCH3 is 1. The molecule has 118 valence electrons. The number of ether oxygens (including phenoxy) is 1. The number of amides is 2. The molecule has 0 saturated carbocycles. The summed E-state index contributed by atoms with van der Waals surface area (Å²) in [7, 11) is 1.55. The molecule has 0 atom stereocenters. The highest BCUT2D eigenvalue weighted by Crippen LogP contribution is 2.13. The number of pyridine rings is 1. The second kappa shape index (κ2) is 7.44. The summed E-state index contributed by atoms with van der Waals surface area (Å²) < 4.78 is 10.2. The quantitative estimate of drug-likeness (QED) is 0.854. The Balaban J connectivity index is 1.77. The van der Waals surface area contributed by atoms with E-state index in [9.17, 15) is 4.79 Å². The number of hydrogen-bond donors (Lipinski definition) is 2. The summed E-state index contributed by atoms with van der Waals surface area (Å²) in [6.45, 7) is 4.75. The molecule has 22 heavy (non-hydrogen) atoms. The second-order valence-corrected chi connectivity index (χ2v) is 5.12. The Morgan fingerprint density at radius 2 is 2.09 bits per heavy atom. The molecule has 2 amide bonds. The first-order valence-electron chi connectivity index (χ1n) is 7.04. The molecule has 0 aromatic carbocycles. The zero-order valence-corrected chi connectivity index (χ0v) is 12.9. The Hall–Kier alpha value is -2.57. The van der Waals surface area contributed by atoms with Gasteiger partial charge in [-0.05, 0) is 17.5 Å². The topological polar surface area (TPSA) is 89.3 Å². The van der Waals surface area contributed by atoms with Crippen molar-refractivity contribution in [2.45, 2.75) is 32.9 Å². The molecule has 0 aliphatic carbocycles. The molecule has 7 heteroatoms. The Labute approximate surface area is 129 Å². The van der Waals surface area contributed by atoms with Gasteiger partial charge in [0, 0.05) is 24.9 Å². The predicted molar refractivity (Wildman–Crippen MR) is 80.5 cm³/mol. The number of nitrogens with zero attached hydrogens (tertiary/aromatic N) is 2. The zero-order chi connectivity index (χ0) is 15.9. The normalized spacial score (nSPS) is 10.5. The number of carbonyl (C=O) groups is 1. The third kappa shape index (κ3) is 4.47. The molecule has 0 radical (unpaired) electrons. The number of carbonyl (C=O) groups excluding carboxylic acids is 1. The van der Waals surface area contributed by atoms with Gasteiger partial charge in [-0.3, -0.25) is 0 Å². The minimum Gasteiger partial charge on any atom is -0.481 e. The Morgan fingerprint density at radius 3 is 2.77 bits per heavy atom. The van der Waals surface area contributed by atoms with Crippen LogP contribution in [0, 0.1) is 0 Å². The van der Waals surface area contributed by atoms with Crippen LogP contribution in [0.3, 0.4) is 0 Å². The molecule has 2 heterocycles. The van der Waals surface area contributed by atoms with Gasteiger partial charge in [0.05, 0.1) is 19.3 Å². The highest BCUT2D eigenvalue weighted by Gasteiger charge is 2.08. The van der Waals surface area contributed by atoms with Gasteiger partial charge in [-0.25, -0.2) is 9.78 Å². The smallest absolute Gasteiger partial charge is 0.315 e. The van der Waals surface area contributed by atoms with Crippen LogP contribution in [0.2, 0.25) is 0 Å². The standard InChI is InChI=1S/C15H20N4O3/c1-10(2)13-7-12(22-19-13)9-18-15(20)17-8-11-4-5-16-14(6-11)21-3/h4-7,10H,8-9H2,1-3H3,(H2,17,18,20). The molecular weight excluding hydrogens is 284 g/mol. The maximum atomic E-state index is 11.8. The van der Waals surface area contributed by atoms with E-state index < -0.39 is 0 Å². The molecular formula is C15H20N4O3. The Morgan fingerprint density at radius 1 is 1.32 bits per heavy atom. The lowest BCUT2D eigenvalue weighted by Gasteiger charge is -2.07. The average molecular weight is 304 g/mol. The average Bonchev–Trinajstić information content (AvgIpc) is 3.00. The maximum absolute atomic E-state index is 11.8. The monoisotopic (exact) mass is 304 g/mol. The molecule has 2 rings (SSSR count). The molecule has 7 nitrogen and oxygen atoms in total. The third-order valence-electron chi connectivity index (χ3n) is 3.05. The number of urea groups is 1. The van der Waals surface area contributed by atoms with Crippen LogP contribution >= 0.6 is 0 Å². The van der Waals surface area contributed by atoms with Gasteiger partial charge < -0.3 is 19.9 Å². The van der Waals surface area contributed by atoms with Gasteiger partial charge in [-0.15, -0.1) is 0 Å². The van der Waals surface area contributed by atoms with Crippen molar-refractivity contribution >= 4 is 6.03 Å². The lowest BCUT2D eigenvalue weighted by molar-refractivity contribution is 0.238. The van der Waals surface area contributed by atoms with Crippen molar-refractivity contribution in [2.24, 2.45) is 0 Å². The van der Waals surface area contributed by atoms with E-state index in [0.717, 1.165) is 11.3 Å². The molecule has 0 spiro atoms. The van der Waals surface area contributed by atoms with E-state index in [1.54, 1.807) is 19.4 Å². The molecule has 0 bridgehead atoms. The highest BCUT2D eigenvalue weighted by atomic mass is 16.5. The number of aromatic nitrogens is 2. The summed E-state index contributed by atoms with van der Waals surface area (Å²) in [5.41, 5.74) is 1.78. The van der Waals surface area contributed by atoms with Crippen molar-refractivity contribution in [1.29, 1.82) is 0 Å². The van der Waals surface area contributed by atoms with E-state index in [1.165, 1.54) is 0 Å². The summed E-state index contributed by atoms with van der Waals surface area (Å²) >= 11 is 0. The van der Waals surface area contributed by atoms with E-state index in [4.69, 9.17) is 9.26 Å². The van der Waals surface area contributed by atoms with Crippen LogP contribution in [0.1, 0.15) is 36.8 Å². The minimum atomic E-state index is -0.279. The fourth-order valence-electron chi connectivity index (χ4n) is 1.77. The first-order chi connectivity index (χ1) is 10.6. The molecule has 0 saturated heterocycles. The summed E-state index contributed by atoms with van der Waals surface area (Å²) in [5.74, 6) is 1.44. The number of nitrogens with one attached hydrogen (secondary N) is 2. The van der Waals surface area contributed by atoms with E-state index >= 15 is 0 Å². The maximum Gasteiger partial charge on any atom is 0.315 e. The molecule has 2 N–H and O–H groups in total. The summed E-state index contributed by atoms with van der Waals surface area (Å²) in [6, 6.07) is 5.15. The van der Waals surface area contributed by atoms with Gasteiger partial charge in [0.25, 0.3) is 0 Å². The van der Waals surface area contributed by atoms with Crippen molar-refractivity contribution < 1.29 is 14.1 Å². The van der Waals surface area contributed by atoms with Gasteiger partial charge in [0.1, 0.15) is 0 Å². The highest BCUT2D eigenvalue weighted by molar-refractivity contribution is 5.73. The van der Waals surface area contributed by atoms with Crippen LogP contribution in [0.4, 0.5) is 4.79 Å². The Bertz CT molecular complexity index is 625. The van der Waals surface area contributed by atoms with E-state index in [1.807, 2.05) is 26.0 Å². The van der Waals surface area contributed by atoms with Crippen LogP contribution < -0.4 is 15.4 Å². The zero-order valence-electron chi connectivity index (χ0n) is 12.9. The summed E-state index contributed by atoms with van der Waals surface area (Å²) in [6.07, 6.45) is 1.63. The van der Waals surface area contributed by atoms with Gasteiger partial charge in [0.2, 0.25) is 5.88 Å². The van der Waals surface area contributed by atoms with Crippen LogP contribution in [0.25, 0.3) is 0 Å². The van der Waals surface area contributed by atoms with Gasteiger partial charge in [-0.2, -0.15) is 0 Å². The van der Waals surface area contributed by atoms with Crippen molar-refractivity contribution in [3.05, 3.63) is 41.4 Å². The van der Waals surface area contributed by atoms with E-state index in [-0.39, 0.29) is 6.03 Å². The molecule has 0 aliphatic rings. The first kappa shape index (κ1) is 15.8. The molecule has 2 aromatic rings. The fourth-order valence-corrected chi connectivity index (χ4v) is 1.77. The number of hydrogen-bond acceptors (Lipinski definition) is 5. The largest absolute Gasteiger partial charge is 0.481 e. The second-order valence-electron chi connectivity index (χ2n) is 5.12. The lowest BCUT2D eigenvalue weighted by atomic mass is 10.1. The van der Waals surface area contributed by atoms with Crippen molar-refractivity contribution in [3.63, 3.8) is 0 Å². The van der Waals surface area contributed by atoms with Crippen LogP contribution in [0.5, 0.6) is 5.88 Å². The van der Waals surface area contributed by atoms with Gasteiger partial charge in [-0.1, -0.05) is 19.0 Å². The van der Waals surface area contributed by atoms with E-state index in [0.29, 0.717) is 30.6 Å². The van der Waals surface area contributed by atoms with Crippen molar-refractivity contribution in [2.75, 3.05) is 7.11 Å². The predicted octanol–water partition coefficient (Wildman–Crippen LogP) is 2.20. The Kier molecular flexibility index (Phi) is 5.35. The lowest BCUT2D eigenvalue weighted by Crippen LogP contribution is -2.34. The van der Waals surface area contributed by atoms with E-state index in [2.05, 4.69) is 20.8 Å². The first-order valence-corrected chi connectivity index (χ1v) is 7.04. The number of rotatable bonds is 6.